The summed E-state index contributed by atoms with van der Waals surface area (Å²) in [6.45, 7) is 1.08. The second-order valence-electron chi connectivity index (χ2n) is 4.92. The molecule has 2 rings (SSSR count). The lowest BCUT2D eigenvalue weighted by Crippen LogP contribution is -2.12. The van der Waals surface area contributed by atoms with Gasteiger partial charge >= 0.3 is 0 Å². The van der Waals surface area contributed by atoms with Crippen LogP contribution in [0.5, 0.6) is 11.5 Å². The van der Waals surface area contributed by atoms with Gasteiger partial charge in [0.1, 0.15) is 24.3 Å². The fourth-order valence-corrected chi connectivity index (χ4v) is 2.06. The van der Waals surface area contributed by atoms with Crippen LogP contribution in [-0.2, 0) is 0 Å². The molecule has 0 saturated carbocycles. The molecular formula is C17H16F2O4. The summed E-state index contributed by atoms with van der Waals surface area (Å²) >= 11 is 0. The Morgan fingerprint density at radius 1 is 1.17 bits per heavy atom. The largest absolute Gasteiger partial charge is 0.494 e. The minimum Gasteiger partial charge on any atom is -0.494 e. The van der Waals surface area contributed by atoms with E-state index in [1.807, 2.05) is 0 Å². The van der Waals surface area contributed by atoms with Gasteiger partial charge in [-0.3, -0.25) is 4.79 Å². The maximum atomic E-state index is 13.6. The standard InChI is InChI=1S/C17H16F2O4/c1-10(20)13-8-12(18)4-6-16(13)23-9-15(21)11-3-5-17(22-2)14(19)7-11/h3-8,15,21H,9H2,1-2H3. The van der Waals surface area contributed by atoms with Crippen molar-refractivity contribution >= 4 is 5.78 Å². The predicted molar refractivity (Wildman–Crippen MR) is 79.8 cm³/mol. The molecule has 0 radical (unpaired) electrons. The van der Waals surface area contributed by atoms with Crippen LogP contribution < -0.4 is 9.47 Å². The number of benzene rings is 2. The molecule has 0 fully saturated rings. The third-order valence-corrected chi connectivity index (χ3v) is 3.28. The van der Waals surface area contributed by atoms with Crippen LogP contribution in [0.3, 0.4) is 0 Å². The van der Waals surface area contributed by atoms with Gasteiger partial charge < -0.3 is 14.6 Å². The van der Waals surface area contributed by atoms with Gasteiger partial charge in [-0.15, -0.1) is 0 Å². The SMILES string of the molecule is COc1ccc(C(O)COc2ccc(F)cc2C(C)=O)cc1F. The number of aliphatic hydroxyl groups excluding tert-OH is 1. The van der Waals surface area contributed by atoms with E-state index < -0.39 is 17.7 Å². The Morgan fingerprint density at radius 2 is 1.87 bits per heavy atom. The van der Waals surface area contributed by atoms with Crippen LogP contribution in [0.4, 0.5) is 8.78 Å². The molecule has 0 aromatic heterocycles. The van der Waals surface area contributed by atoms with Gasteiger partial charge in [-0.25, -0.2) is 8.78 Å². The van der Waals surface area contributed by atoms with E-state index in [0.29, 0.717) is 5.56 Å². The van der Waals surface area contributed by atoms with Crippen LogP contribution in [0, 0.1) is 11.6 Å². The highest BCUT2D eigenvalue weighted by atomic mass is 19.1. The van der Waals surface area contributed by atoms with Gasteiger partial charge in [-0.05, 0) is 42.8 Å². The van der Waals surface area contributed by atoms with Crippen LogP contribution in [0.2, 0.25) is 0 Å². The molecule has 0 spiro atoms. The Labute approximate surface area is 132 Å². The molecule has 0 saturated heterocycles. The van der Waals surface area contributed by atoms with Crippen LogP contribution in [-0.4, -0.2) is 24.6 Å². The summed E-state index contributed by atoms with van der Waals surface area (Å²) in [6, 6.07) is 7.58. The molecule has 2 aromatic rings. The summed E-state index contributed by atoms with van der Waals surface area (Å²) in [5, 5.41) is 10.1. The van der Waals surface area contributed by atoms with Gasteiger partial charge in [0.05, 0.1) is 12.7 Å². The number of carbonyl (C=O) groups excluding carboxylic acids is 1. The number of hydrogen-bond acceptors (Lipinski definition) is 4. The Morgan fingerprint density at radius 3 is 2.48 bits per heavy atom. The first kappa shape index (κ1) is 16.9. The Balaban J connectivity index is 2.12. The van der Waals surface area contributed by atoms with Gasteiger partial charge in [0.25, 0.3) is 0 Å². The average molecular weight is 322 g/mol. The van der Waals surface area contributed by atoms with E-state index in [4.69, 9.17) is 9.47 Å². The maximum absolute atomic E-state index is 13.6. The zero-order valence-electron chi connectivity index (χ0n) is 12.7. The molecule has 1 unspecified atom stereocenters. The molecule has 0 aliphatic carbocycles. The van der Waals surface area contributed by atoms with Crippen LogP contribution in [0.15, 0.2) is 36.4 Å². The van der Waals surface area contributed by atoms with E-state index in [9.17, 15) is 18.7 Å². The molecule has 0 aliphatic rings. The van der Waals surface area contributed by atoms with E-state index in [0.717, 1.165) is 18.2 Å². The quantitative estimate of drug-likeness (QED) is 0.829. The number of rotatable bonds is 6. The molecule has 0 amide bonds. The molecule has 4 nitrogen and oxygen atoms in total. The summed E-state index contributed by atoms with van der Waals surface area (Å²) < 4.78 is 37.0. The number of carbonyl (C=O) groups is 1. The number of halogens is 2. The monoisotopic (exact) mass is 322 g/mol. The number of methoxy groups -OCH3 is 1. The molecule has 1 atom stereocenters. The summed E-state index contributed by atoms with van der Waals surface area (Å²) in [6.07, 6.45) is -1.11. The topological polar surface area (TPSA) is 55.8 Å². The van der Waals surface area contributed by atoms with Crippen LogP contribution in [0.1, 0.15) is 28.9 Å². The van der Waals surface area contributed by atoms with Gasteiger partial charge in [0, 0.05) is 0 Å². The first-order chi connectivity index (χ1) is 10.9. The highest BCUT2D eigenvalue weighted by Gasteiger charge is 2.15. The molecule has 0 heterocycles. The Kier molecular flexibility index (Phi) is 5.28. The third-order valence-electron chi connectivity index (χ3n) is 3.28. The third kappa shape index (κ3) is 4.04. The van der Waals surface area contributed by atoms with Gasteiger partial charge in [-0.1, -0.05) is 6.07 Å². The van der Waals surface area contributed by atoms with Crippen molar-refractivity contribution in [3.8, 4) is 11.5 Å². The van der Waals surface area contributed by atoms with Gasteiger partial charge in [0.2, 0.25) is 0 Å². The summed E-state index contributed by atoms with van der Waals surface area (Å²) in [5.41, 5.74) is 0.382. The van der Waals surface area contributed by atoms with Crippen molar-refractivity contribution in [3.05, 3.63) is 59.2 Å². The molecule has 122 valence electrons. The van der Waals surface area contributed by atoms with Gasteiger partial charge in [-0.2, -0.15) is 0 Å². The van der Waals surface area contributed by atoms with E-state index in [-0.39, 0.29) is 29.5 Å². The molecule has 23 heavy (non-hydrogen) atoms. The van der Waals surface area contributed by atoms with Crippen molar-refractivity contribution in [2.75, 3.05) is 13.7 Å². The number of aliphatic hydroxyl groups is 1. The minimum absolute atomic E-state index is 0.0688. The van der Waals surface area contributed by atoms with Crippen LogP contribution in [0.25, 0.3) is 0 Å². The summed E-state index contributed by atoms with van der Waals surface area (Å²) in [4.78, 5) is 11.5. The lowest BCUT2D eigenvalue weighted by molar-refractivity contribution is 0.0975. The first-order valence-corrected chi connectivity index (χ1v) is 6.87. The summed E-state index contributed by atoms with van der Waals surface area (Å²) in [5.74, 6) is -1.29. The lowest BCUT2D eigenvalue weighted by Gasteiger charge is -2.15. The van der Waals surface area contributed by atoms with Crippen molar-refractivity contribution in [3.63, 3.8) is 0 Å². The van der Waals surface area contributed by atoms with Crippen molar-refractivity contribution in [1.29, 1.82) is 0 Å². The molecular weight excluding hydrogens is 306 g/mol. The Hall–Kier alpha value is -2.47. The van der Waals surface area contributed by atoms with E-state index in [1.54, 1.807) is 0 Å². The van der Waals surface area contributed by atoms with Crippen molar-refractivity contribution in [1.82, 2.24) is 0 Å². The zero-order valence-corrected chi connectivity index (χ0v) is 12.7. The smallest absolute Gasteiger partial charge is 0.165 e. The Bertz CT molecular complexity index is 716. The fraction of sp³-hybridized carbons (Fsp3) is 0.235. The molecule has 6 heteroatoms. The number of Topliss-reactive ketones (excluding diaryl/α,β-unsaturated/α-hetero) is 1. The molecule has 0 aliphatic heterocycles. The molecule has 2 aromatic carbocycles. The first-order valence-electron chi connectivity index (χ1n) is 6.87. The second-order valence-corrected chi connectivity index (χ2v) is 4.92. The fourth-order valence-electron chi connectivity index (χ4n) is 2.06. The number of hydrogen-bond donors (Lipinski definition) is 1. The average Bonchev–Trinajstić information content (AvgIpc) is 2.53. The van der Waals surface area contributed by atoms with E-state index >= 15 is 0 Å². The molecule has 0 bridgehead atoms. The minimum atomic E-state index is -1.11. The predicted octanol–water partition coefficient (Wildman–Crippen LogP) is 3.29. The number of ether oxygens (including phenoxy) is 2. The maximum Gasteiger partial charge on any atom is 0.165 e. The normalized spacial score (nSPS) is 11.9. The lowest BCUT2D eigenvalue weighted by atomic mass is 10.1. The van der Waals surface area contributed by atoms with Crippen molar-refractivity contribution in [2.24, 2.45) is 0 Å². The highest BCUT2D eigenvalue weighted by Crippen LogP contribution is 2.25. The highest BCUT2D eigenvalue weighted by molar-refractivity contribution is 5.96. The number of ketones is 1. The zero-order chi connectivity index (χ0) is 17.0. The second kappa shape index (κ2) is 7.19. The summed E-state index contributed by atoms with van der Waals surface area (Å²) in [7, 11) is 1.34. The molecule has 1 N–H and O–H groups in total. The van der Waals surface area contributed by atoms with E-state index in [2.05, 4.69) is 0 Å². The van der Waals surface area contributed by atoms with E-state index in [1.165, 1.54) is 32.2 Å². The van der Waals surface area contributed by atoms with Crippen molar-refractivity contribution < 1.29 is 28.2 Å². The van der Waals surface area contributed by atoms with Crippen molar-refractivity contribution in [2.45, 2.75) is 13.0 Å². The van der Waals surface area contributed by atoms with Crippen LogP contribution >= 0.6 is 0 Å². The van der Waals surface area contributed by atoms with Gasteiger partial charge in [0.15, 0.2) is 17.3 Å².